The highest BCUT2D eigenvalue weighted by Gasteiger charge is 2.32. The average molecular weight is 456 g/mol. The first-order valence-electron chi connectivity index (χ1n) is 11.3. The smallest absolute Gasteiger partial charge is 0.409 e. The van der Waals surface area contributed by atoms with Crippen molar-refractivity contribution in [3.63, 3.8) is 0 Å². The van der Waals surface area contributed by atoms with Crippen LogP contribution < -0.4 is 4.74 Å². The van der Waals surface area contributed by atoms with Crippen LogP contribution in [0.25, 0.3) is 6.08 Å². The van der Waals surface area contributed by atoms with E-state index in [9.17, 15) is 26.7 Å². The third-order valence-electron chi connectivity index (χ3n) is 6.58. The Morgan fingerprint density at radius 2 is 1.69 bits per heavy atom. The van der Waals surface area contributed by atoms with Crippen LogP contribution in [0.2, 0.25) is 0 Å². The fourth-order valence-electron chi connectivity index (χ4n) is 4.84. The minimum Gasteiger partial charge on any atom is -0.426 e. The molecule has 32 heavy (non-hydrogen) atoms. The zero-order valence-electron chi connectivity index (χ0n) is 18.1. The second kappa shape index (κ2) is 10.6. The van der Waals surface area contributed by atoms with Gasteiger partial charge in [0.25, 0.3) is 0 Å². The normalized spacial score (nSPS) is 26.4. The highest BCUT2D eigenvalue weighted by atomic mass is 19.4. The van der Waals surface area contributed by atoms with E-state index < -0.39 is 29.3 Å². The van der Waals surface area contributed by atoms with Gasteiger partial charge >= 0.3 is 12.1 Å². The molecule has 2 aliphatic rings. The first-order valence-corrected chi connectivity index (χ1v) is 11.3. The summed E-state index contributed by atoms with van der Waals surface area (Å²) < 4.78 is 70.0. The lowest BCUT2D eigenvalue weighted by Crippen LogP contribution is -2.29. The number of hydrogen-bond acceptors (Lipinski definition) is 2. The van der Waals surface area contributed by atoms with Crippen molar-refractivity contribution in [2.45, 2.75) is 64.5 Å². The Hall–Kier alpha value is -2.18. The van der Waals surface area contributed by atoms with Crippen LogP contribution >= 0.6 is 0 Å². The summed E-state index contributed by atoms with van der Waals surface area (Å²) in [7, 11) is 0. The summed E-state index contributed by atoms with van der Waals surface area (Å²) in [6, 6.07) is 1.48. The summed E-state index contributed by atoms with van der Waals surface area (Å²) in [5.74, 6) is -1.92. The van der Waals surface area contributed by atoms with Crippen molar-refractivity contribution in [3.8, 4) is 5.75 Å². The Kier molecular flexibility index (Phi) is 8.12. The molecule has 2 aliphatic carbocycles. The van der Waals surface area contributed by atoms with Gasteiger partial charge in [-0.1, -0.05) is 25.5 Å². The van der Waals surface area contributed by atoms with E-state index in [2.05, 4.69) is 19.1 Å². The molecule has 1 aromatic carbocycles. The van der Waals surface area contributed by atoms with Crippen molar-refractivity contribution >= 4 is 12.0 Å². The maximum Gasteiger partial charge on any atom is 0.409 e. The van der Waals surface area contributed by atoms with E-state index in [1.54, 1.807) is 0 Å². The van der Waals surface area contributed by atoms with Crippen molar-refractivity contribution < 1.29 is 31.5 Å². The molecule has 0 bridgehead atoms. The predicted molar refractivity (Wildman–Crippen MR) is 113 cm³/mol. The van der Waals surface area contributed by atoms with Crippen molar-refractivity contribution in [1.82, 2.24) is 0 Å². The molecule has 0 radical (unpaired) electrons. The number of ether oxygens (including phenoxy) is 1. The van der Waals surface area contributed by atoms with Gasteiger partial charge in [-0.05, 0) is 68.8 Å². The lowest BCUT2D eigenvalue weighted by molar-refractivity contribution is -0.140. The maximum absolute atomic E-state index is 14.1. The van der Waals surface area contributed by atoms with Crippen LogP contribution in [0.5, 0.6) is 5.75 Å². The highest BCUT2D eigenvalue weighted by molar-refractivity contribution is 5.75. The summed E-state index contributed by atoms with van der Waals surface area (Å²) in [5, 5.41) is 0. The van der Waals surface area contributed by atoms with Gasteiger partial charge in [0, 0.05) is 23.8 Å². The SMILES string of the molecule is CCCC1C=CC(C2CCC(C(=O)Oc3cc(F)c(/C=C/C(F)(F)F)c(F)c3)CC2)CC1. The van der Waals surface area contributed by atoms with Crippen LogP contribution in [0.1, 0.15) is 63.9 Å². The van der Waals surface area contributed by atoms with E-state index in [1.807, 2.05) is 0 Å². The number of carbonyl (C=O) groups is 1. The van der Waals surface area contributed by atoms with E-state index in [4.69, 9.17) is 4.74 Å². The van der Waals surface area contributed by atoms with Crippen LogP contribution in [0, 0.1) is 35.3 Å². The molecule has 2 atom stereocenters. The molecule has 2 unspecified atom stereocenters. The van der Waals surface area contributed by atoms with E-state index in [0.29, 0.717) is 36.7 Å². The molecule has 0 spiro atoms. The van der Waals surface area contributed by atoms with E-state index in [0.717, 1.165) is 25.0 Å². The summed E-state index contributed by atoms with van der Waals surface area (Å²) in [5.41, 5.74) is -0.829. The minimum atomic E-state index is -4.69. The molecule has 0 aromatic heterocycles. The molecule has 1 aromatic rings. The highest BCUT2D eigenvalue weighted by Crippen LogP contribution is 2.39. The van der Waals surface area contributed by atoms with Crippen molar-refractivity contribution in [1.29, 1.82) is 0 Å². The molecule has 7 heteroatoms. The average Bonchev–Trinajstić information content (AvgIpc) is 2.73. The standard InChI is InChI=1S/C25H29F5O2/c1-2-3-16-4-6-17(7-5-16)18-8-10-19(11-9-18)24(31)32-20-14-22(26)21(23(27)15-20)12-13-25(28,29)30/h4,6,12-19H,2-3,5,7-11H2,1H3/b13-12+. The van der Waals surface area contributed by atoms with Gasteiger partial charge < -0.3 is 4.74 Å². The zero-order chi connectivity index (χ0) is 23.3. The lowest BCUT2D eigenvalue weighted by atomic mass is 9.71. The van der Waals surface area contributed by atoms with Crippen LogP contribution in [0.4, 0.5) is 22.0 Å². The summed E-state index contributed by atoms with van der Waals surface area (Å²) in [4.78, 5) is 12.5. The molecule has 0 saturated heterocycles. The summed E-state index contributed by atoms with van der Waals surface area (Å²) >= 11 is 0. The van der Waals surface area contributed by atoms with Crippen LogP contribution in [-0.2, 0) is 4.79 Å². The van der Waals surface area contributed by atoms with E-state index in [1.165, 1.54) is 25.7 Å². The van der Waals surface area contributed by atoms with Crippen LogP contribution in [-0.4, -0.2) is 12.1 Å². The fraction of sp³-hybridized carbons (Fsp3) is 0.560. The summed E-state index contributed by atoms with van der Waals surface area (Å²) in [6.07, 6.45) is 7.98. The van der Waals surface area contributed by atoms with Gasteiger partial charge in [-0.15, -0.1) is 0 Å². The molecule has 3 rings (SSSR count). The quantitative estimate of drug-likeness (QED) is 0.190. The molecule has 1 fully saturated rings. The van der Waals surface area contributed by atoms with Crippen molar-refractivity contribution in [3.05, 3.63) is 47.6 Å². The number of esters is 1. The first kappa shape index (κ1) is 24.5. The number of alkyl halides is 3. The third-order valence-corrected chi connectivity index (χ3v) is 6.58. The largest absolute Gasteiger partial charge is 0.426 e. The topological polar surface area (TPSA) is 26.3 Å². The second-order valence-corrected chi connectivity index (χ2v) is 8.88. The van der Waals surface area contributed by atoms with Gasteiger partial charge in [0.15, 0.2) is 0 Å². The molecule has 0 N–H and O–H groups in total. The fourth-order valence-corrected chi connectivity index (χ4v) is 4.84. The Morgan fingerprint density at radius 3 is 2.22 bits per heavy atom. The molecule has 0 aliphatic heterocycles. The van der Waals surface area contributed by atoms with Crippen molar-refractivity contribution in [2.24, 2.45) is 23.7 Å². The van der Waals surface area contributed by atoms with Gasteiger partial charge in [0.2, 0.25) is 0 Å². The Morgan fingerprint density at radius 1 is 1.03 bits per heavy atom. The minimum absolute atomic E-state index is 0.246. The lowest BCUT2D eigenvalue weighted by Gasteiger charge is -2.34. The number of rotatable bonds is 6. The zero-order valence-corrected chi connectivity index (χ0v) is 18.1. The molecule has 1 saturated carbocycles. The van der Waals surface area contributed by atoms with Gasteiger partial charge in [-0.25, -0.2) is 8.78 Å². The van der Waals surface area contributed by atoms with Gasteiger partial charge in [-0.2, -0.15) is 13.2 Å². The van der Waals surface area contributed by atoms with Gasteiger partial charge in [0.1, 0.15) is 17.4 Å². The van der Waals surface area contributed by atoms with Crippen LogP contribution in [0.3, 0.4) is 0 Å². The molecular weight excluding hydrogens is 427 g/mol. The Balaban J connectivity index is 1.54. The molecule has 2 nitrogen and oxygen atoms in total. The number of benzene rings is 1. The third kappa shape index (κ3) is 6.66. The van der Waals surface area contributed by atoms with Gasteiger partial charge in [-0.3, -0.25) is 4.79 Å². The number of allylic oxidation sites excluding steroid dienone is 3. The maximum atomic E-state index is 14.1. The molecule has 0 heterocycles. The predicted octanol–water partition coefficient (Wildman–Crippen LogP) is 7.63. The van der Waals surface area contributed by atoms with Crippen molar-refractivity contribution in [2.75, 3.05) is 0 Å². The van der Waals surface area contributed by atoms with Gasteiger partial charge in [0.05, 0.1) is 5.92 Å². The molecule has 0 amide bonds. The monoisotopic (exact) mass is 456 g/mol. The molecular formula is C25H29F5O2. The number of hydrogen-bond donors (Lipinski definition) is 0. The Labute approximate surface area is 185 Å². The van der Waals surface area contributed by atoms with E-state index in [-0.39, 0.29) is 17.7 Å². The second-order valence-electron chi connectivity index (χ2n) is 8.88. The number of carbonyl (C=O) groups excluding carboxylic acids is 1. The first-order chi connectivity index (χ1) is 15.2. The summed E-state index contributed by atoms with van der Waals surface area (Å²) in [6.45, 7) is 2.20. The molecule has 176 valence electrons. The Bertz CT molecular complexity index is 827. The number of halogens is 5. The van der Waals surface area contributed by atoms with Crippen LogP contribution in [0.15, 0.2) is 30.4 Å². The van der Waals surface area contributed by atoms with E-state index >= 15 is 0 Å².